The lowest BCUT2D eigenvalue weighted by atomic mass is 10.1. The number of amides is 2. The molecule has 1 N–H and O–H groups in total. The Morgan fingerprint density at radius 2 is 2.04 bits per heavy atom. The van der Waals surface area contributed by atoms with Crippen molar-refractivity contribution in [1.82, 2.24) is 9.88 Å². The molecule has 1 aromatic carbocycles. The van der Waals surface area contributed by atoms with Crippen LogP contribution < -0.4 is 15.0 Å². The molecule has 2 aliphatic rings. The minimum atomic E-state index is -0.770. The SMILES string of the molecule is CC(=O)N1CC(C(=O)Nc2nc(CN3CCCCC3)cs2)Oc2ccccc21. The lowest BCUT2D eigenvalue weighted by molar-refractivity contribution is -0.123. The van der Waals surface area contributed by atoms with E-state index in [1.807, 2.05) is 23.6 Å². The van der Waals surface area contributed by atoms with Gasteiger partial charge in [-0.25, -0.2) is 4.98 Å². The molecule has 4 rings (SSSR count). The number of anilines is 2. The number of piperidine rings is 1. The second-order valence-electron chi connectivity index (χ2n) is 7.17. The Labute approximate surface area is 168 Å². The summed E-state index contributed by atoms with van der Waals surface area (Å²) in [7, 11) is 0. The molecule has 0 spiro atoms. The first-order valence-electron chi connectivity index (χ1n) is 9.61. The fourth-order valence-corrected chi connectivity index (χ4v) is 4.34. The summed E-state index contributed by atoms with van der Waals surface area (Å²) in [5, 5.41) is 5.40. The Bertz CT molecular complexity index is 863. The van der Waals surface area contributed by atoms with Crippen molar-refractivity contribution in [3.8, 4) is 5.75 Å². The van der Waals surface area contributed by atoms with Gasteiger partial charge in [-0.05, 0) is 38.1 Å². The van der Waals surface area contributed by atoms with E-state index < -0.39 is 6.10 Å². The number of carbonyl (C=O) groups is 2. The third kappa shape index (κ3) is 4.18. The van der Waals surface area contributed by atoms with Crippen molar-refractivity contribution in [3.63, 3.8) is 0 Å². The van der Waals surface area contributed by atoms with Crippen molar-refractivity contribution in [2.45, 2.75) is 38.8 Å². The minimum Gasteiger partial charge on any atom is -0.476 e. The second kappa shape index (κ2) is 8.28. The van der Waals surface area contributed by atoms with Gasteiger partial charge in [0.2, 0.25) is 5.91 Å². The highest BCUT2D eigenvalue weighted by atomic mass is 32.1. The maximum absolute atomic E-state index is 12.7. The average molecular weight is 401 g/mol. The monoisotopic (exact) mass is 400 g/mol. The molecule has 7 nitrogen and oxygen atoms in total. The average Bonchev–Trinajstić information content (AvgIpc) is 3.14. The Balaban J connectivity index is 1.40. The van der Waals surface area contributed by atoms with Crippen LogP contribution in [-0.2, 0) is 16.1 Å². The van der Waals surface area contributed by atoms with Crippen molar-refractivity contribution in [2.24, 2.45) is 0 Å². The highest BCUT2D eigenvalue weighted by molar-refractivity contribution is 7.13. The van der Waals surface area contributed by atoms with Gasteiger partial charge in [-0.2, -0.15) is 0 Å². The number of para-hydroxylation sites is 2. The number of nitrogens with one attached hydrogen (secondary N) is 1. The number of thiazole rings is 1. The van der Waals surface area contributed by atoms with Gasteiger partial charge >= 0.3 is 0 Å². The van der Waals surface area contributed by atoms with E-state index in [1.54, 1.807) is 11.0 Å². The smallest absolute Gasteiger partial charge is 0.269 e. The number of benzene rings is 1. The quantitative estimate of drug-likeness (QED) is 0.854. The predicted molar refractivity (Wildman–Crippen MR) is 109 cm³/mol. The van der Waals surface area contributed by atoms with Crippen molar-refractivity contribution >= 4 is 34.0 Å². The highest BCUT2D eigenvalue weighted by Crippen LogP contribution is 2.33. The summed E-state index contributed by atoms with van der Waals surface area (Å²) in [6.07, 6.45) is 3.01. The Morgan fingerprint density at radius 1 is 1.25 bits per heavy atom. The van der Waals surface area contributed by atoms with Crippen LogP contribution in [0.4, 0.5) is 10.8 Å². The fourth-order valence-electron chi connectivity index (χ4n) is 3.64. The van der Waals surface area contributed by atoms with Gasteiger partial charge in [-0.3, -0.25) is 19.8 Å². The summed E-state index contributed by atoms with van der Waals surface area (Å²) in [5.74, 6) is 0.125. The van der Waals surface area contributed by atoms with Gasteiger partial charge in [0.1, 0.15) is 5.75 Å². The molecule has 2 aliphatic heterocycles. The number of aromatic nitrogens is 1. The van der Waals surface area contributed by atoms with Gasteiger partial charge in [0.05, 0.1) is 17.9 Å². The normalized spacial score (nSPS) is 19.6. The van der Waals surface area contributed by atoms with Crippen LogP contribution in [0.2, 0.25) is 0 Å². The molecular formula is C20H24N4O3S. The molecule has 1 fully saturated rings. The molecule has 8 heteroatoms. The van der Waals surface area contributed by atoms with Crippen LogP contribution in [0.3, 0.4) is 0 Å². The zero-order valence-corrected chi connectivity index (χ0v) is 16.7. The van der Waals surface area contributed by atoms with Crippen LogP contribution in [0.1, 0.15) is 31.9 Å². The first-order chi connectivity index (χ1) is 13.6. The molecule has 2 amide bonds. The van der Waals surface area contributed by atoms with E-state index in [4.69, 9.17) is 4.74 Å². The Morgan fingerprint density at radius 3 is 2.82 bits per heavy atom. The standard InChI is InChI=1S/C20H24N4O3S/c1-14(25)24-12-18(27-17-8-4-3-7-16(17)24)19(26)22-20-21-15(13-28-20)11-23-9-5-2-6-10-23/h3-4,7-8,13,18H,2,5-6,9-12H2,1H3,(H,21,22,26). The first-order valence-corrected chi connectivity index (χ1v) is 10.5. The van der Waals surface area contributed by atoms with E-state index in [-0.39, 0.29) is 18.4 Å². The van der Waals surface area contributed by atoms with E-state index in [0.29, 0.717) is 16.6 Å². The molecule has 2 aromatic rings. The van der Waals surface area contributed by atoms with Crippen LogP contribution in [0.5, 0.6) is 5.75 Å². The van der Waals surface area contributed by atoms with Gasteiger partial charge < -0.3 is 9.64 Å². The van der Waals surface area contributed by atoms with E-state index in [9.17, 15) is 9.59 Å². The molecular weight excluding hydrogens is 376 g/mol. The van der Waals surface area contributed by atoms with Crippen LogP contribution in [-0.4, -0.2) is 47.4 Å². The first kappa shape index (κ1) is 18.9. The summed E-state index contributed by atoms with van der Waals surface area (Å²) in [4.78, 5) is 33.3. The Hall–Kier alpha value is -2.45. The maximum Gasteiger partial charge on any atom is 0.269 e. The number of fused-ring (bicyclic) bond motifs is 1. The zero-order valence-electron chi connectivity index (χ0n) is 15.9. The predicted octanol–water partition coefficient (Wildman–Crippen LogP) is 2.88. The van der Waals surface area contributed by atoms with Crippen molar-refractivity contribution < 1.29 is 14.3 Å². The van der Waals surface area contributed by atoms with Gasteiger partial charge in [0, 0.05) is 18.8 Å². The van der Waals surface area contributed by atoms with Gasteiger partial charge in [-0.15, -0.1) is 11.3 Å². The largest absolute Gasteiger partial charge is 0.476 e. The van der Waals surface area contributed by atoms with Crippen LogP contribution >= 0.6 is 11.3 Å². The second-order valence-corrected chi connectivity index (χ2v) is 8.03. The summed E-state index contributed by atoms with van der Waals surface area (Å²) in [5.41, 5.74) is 1.67. The number of carbonyl (C=O) groups excluding carboxylic acids is 2. The third-order valence-electron chi connectivity index (χ3n) is 5.06. The van der Waals surface area contributed by atoms with E-state index in [2.05, 4.69) is 15.2 Å². The lowest BCUT2D eigenvalue weighted by Gasteiger charge is -2.33. The van der Waals surface area contributed by atoms with Crippen LogP contribution in [0.15, 0.2) is 29.6 Å². The van der Waals surface area contributed by atoms with E-state index in [0.717, 1.165) is 25.3 Å². The van der Waals surface area contributed by atoms with Crippen molar-refractivity contribution in [2.75, 3.05) is 29.9 Å². The summed E-state index contributed by atoms with van der Waals surface area (Å²) >= 11 is 1.42. The number of hydrogen-bond donors (Lipinski definition) is 1. The van der Waals surface area contributed by atoms with Crippen molar-refractivity contribution in [1.29, 1.82) is 0 Å². The van der Waals surface area contributed by atoms with Crippen molar-refractivity contribution in [3.05, 3.63) is 35.3 Å². The third-order valence-corrected chi connectivity index (χ3v) is 5.87. The van der Waals surface area contributed by atoms with Gasteiger partial charge in [-0.1, -0.05) is 18.6 Å². The minimum absolute atomic E-state index is 0.119. The molecule has 0 aliphatic carbocycles. The molecule has 1 atom stereocenters. The number of ether oxygens (including phenoxy) is 1. The topological polar surface area (TPSA) is 74.8 Å². The lowest BCUT2D eigenvalue weighted by Crippen LogP contribution is -2.48. The van der Waals surface area contributed by atoms with E-state index in [1.165, 1.54) is 37.5 Å². The molecule has 148 valence electrons. The summed E-state index contributed by atoms with van der Waals surface area (Å²) < 4.78 is 5.84. The Kier molecular flexibility index (Phi) is 5.59. The number of rotatable bonds is 4. The zero-order chi connectivity index (χ0) is 19.5. The maximum atomic E-state index is 12.7. The van der Waals surface area contributed by atoms with Gasteiger partial charge in [0.15, 0.2) is 11.2 Å². The van der Waals surface area contributed by atoms with Gasteiger partial charge in [0.25, 0.3) is 5.91 Å². The molecule has 1 aromatic heterocycles. The van der Waals surface area contributed by atoms with E-state index >= 15 is 0 Å². The number of likely N-dealkylation sites (tertiary alicyclic amines) is 1. The molecule has 1 unspecified atom stereocenters. The number of nitrogens with zero attached hydrogens (tertiary/aromatic N) is 3. The molecule has 3 heterocycles. The fraction of sp³-hybridized carbons (Fsp3) is 0.450. The highest BCUT2D eigenvalue weighted by Gasteiger charge is 2.32. The molecule has 0 bridgehead atoms. The molecule has 1 saturated heterocycles. The molecule has 0 saturated carbocycles. The van der Waals surface area contributed by atoms with Crippen LogP contribution in [0.25, 0.3) is 0 Å². The molecule has 28 heavy (non-hydrogen) atoms. The van der Waals surface area contributed by atoms with Crippen LogP contribution in [0, 0.1) is 0 Å². The number of hydrogen-bond acceptors (Lipinski definition) is 6. The summed E-state index contributed by atoms with van der Waals surface area (Å²) in [6, 6.07) is 7.26. The molecule has 0 radical (unpaired) electrons. The summed E-state index contributed by atoms with van der Waals surface area (Å²) in [6.45, 7) is 4.71.